The molecule has 0 fully saturated rings. The zero-order chi connectivity index (χ0) is 13.8. The second kappa shape index (κ2) is 6.10. The van der Waals surface area contributed by atoms with E-state index in [1.807, 2.05) is 18.2 Å². The molecule has 0 aromatic heterocycles. The molecular weight excluding hydrogens is 310 g/mol. The molecule has 19 heavy (non-hydrogen) atoms. The number of hydrogen-bond acceptors (Lipinski definition) is 3. The molecule has 0 spiro atoms. The van der Waals surface area contributed by atoms with Gasteiger partial charge in [0.15, 0.2) is 0 Å². The van der Waals surface area contributed by atoms with Crippen molar-refractivity contribution in [2.45, 2.75) is 6.42 Å². The van der Waals surface area contributed by atoms with Gasteiger partial charge in [-0.25, -0.2) is 0 Å². The summed E-state index contributed by atoms with van der Waals surface area (Å²) in [6.45, 7) is 4.52. The maximum Gasteiger partial charge on any atom is 0.227 e. The second-order valence-corrected chi connectivity index (χ2v) is 5.54. The smallest absolute Gasteiger partial charge is 0.227 e. The lowest BCUT2D eigenvalue weighted by molar-refractivity contribution is -0.126. The van der Waals surface area contributed by atoms with Gasteiger partial charge in [-0.05, 0) is 30.2 Å². The molecule has 1 atom stereocenters. The normalized spacial score (nSPS) is 17.1. The number of carbonyl (C=O) groups excluding carboxylic acids is 1. The summed E-state index contributed by atoms with van der Waals surface area (Å²) >= 11 is 3.21. The van der Waals surface area contributed by atoms with Gasteiger partial charge in [0.2, 0.25) is 5.91 Å². The monoisotopic (exact) mass is 325 g/mol. The average Bonchev–Trinajstić information content (AvgIpc) is 2.43. The van der Waals surface area contributed by atoms with Crippen molar-refractivity contribution in [1.29, 1.82) is 0 Å². The van der Waals surface area contributed by atoms with Crippen molar-refractivity contribution in [3.63, 3.8) is 0 Å². The predicted molar refractivity (Wildman–Crippen MR) is 76.8 cm³/mol. The molecule has 0 aliphatic carbocycles. The lowest BCUT2D eigenvalue weighted by atomic mass is 9.96. The highest BCUT2D eigenvalue weighted by Gasteiger charge is 2.26. The Kier molecular flexibility index (Phi) is 4.47. The summed E-state index contributed by atoms with van der Waals surface area (Å²) in [4.78, 5) is 12.0. The van der Waals surface area contributed by atoms with E-state index < -0.39 is 0 Å². The van der Waals surface area contributed by atoms with Crippen molar-refractivity contribution < 1.29 is 14.3 Å². The SMILES string of the molecule is C=C(Br)CNC(=O)[C@@H]1COc2ccc(OC)cc2C1. The summed E-state index contributed by atoms with van der Waals surface area (Å²) in [6, 6.07) is 5.65. The number of benzene rings is 1. The average molecular weight is 326 g/mol. The van der Waals surface area contributed by atoms with Gasteiger partial charge in [-0.2, -0.15) is 0 Å². The minimum atomic E-state index is -0.175. The van der Waals surface area contributed by atoms with Crippen LogP contribution in [0, 0.1) is 5.92 Å². The minimum Gasteiger partial charge on any atom is -0.497 e. The van der Waals surface area contributed by atoms with Crippen molar-refractivity contribution >= 4 is 21.8 Å². The van der Waals surface area contributed by atoms with E-state index in [0.717, 1.165) is 21.5 Å². The Hall–Kier alpha value is -1.49. The number of rotatable bonds is 4. The molecule has 5 heteroatoms. The second-order valence-electron chi connectivity index (χ2n) is 4.42. The first-order valence-corrected chi connectivity index (χ1v) is 6.80. The number of carbonyl (C=O) groups is 1. The fourth-order valence-corrected chi connectivity index (χ4v) is 2.13. The van der Waals surface area contributed by atoms with Crippen LogP contribution in [0.1, 0.15) is 5.56 Å². The topological polar surface area (TPSA) is 47.6 Å². The molecule has 1 aromatic rings. The number of ether oxygens (including phenoxy) is 2. The predicted octanol–water partition coefficient (Wildman–Crippen LogP) is 2.27. The summed E-state index contributed by atoms with van der Waals surface area (Å²) in [5.41, 5.74) is 1.00. The lowest BCUT2D eigenvalue weighted by Crippen LogP contribution is -2.37. The molecular formula is C14H16BrNO3. The van der Waals surface area contributed by atoms with E-state index >= 15 is 0 Å². The number of amides is 1. The van der Waals surface area contributed by atoms with E-state index in [1.54, 1.807) is 7.11 Å². The van der Waals surface area contributed by atoms with Gasteiger partial charge < -0.3 is 14.8 Å². The lowest BCUT2D eigenvalue weighted by Gasteiger charge is -2.25. The molecule has 0 saturated carbocycles. The minimum absolute atomic E-state index is 0.0194. The quantitative estimate of drug-likeness (QED) is 0.923. The van der Waals surface area contributed by atoms with Crippen molar-refractivity contribution in [2.75, 3.05) is 20.3 Å². The van der Waals surface area contributed by atoms with Crippen LogP contribution in [0.25, 0.3) is 0 Å². The van der Waals surface area contributed by atoms with Crippen molar-refractivity contribution in [3.8, 4) is 11.5 Å². The van der Waals surface area contributed by atoms with Crippen molar-refractivity contribution in [1.82, 2.24) is 5.32 Å². The van der Waals surface area contributed by atoms with E-state index in [-0.39, 0.29) is 11.8 Å². The van der Waals surface area contributed by atoms with Crippen LogP contribution in [-0.2, 0) is 11.2 Å². The fraction of sp³-hybridized carbons (Fsp3) is 0.357. The van der Waals surface area contributed by atoms with Gasteiger partial charge in [0, 0.05) is 11.0 Å². The molecule has 0 bridgehead atoms. The Balaban J connectivity index is 2.04. The first-order chi connectivity index (χ1) is 9.10. The highest BCUT2D eigenvalue weighted by atomic mass is 79.9. The van der Waals surface area contributed by atoms with Crippen LogP contribution in [0.3, 0.4) is 0 Å². The standard InChI is InChI=1S/C14H16BrNO3/c1-9(15)7-16-14(17)11-5-10-6-12(18-2)3-4-13(10)19-8-11/h3-4,6,11H,1,5,7-8H2,2H3,(H,16,17)/t11-/m0/s1. The number of hydrogen-bond donors (Lipinski definition) is 1. The number of methoxy groups -OCH3 is 1. The van der Waals surface area contributed by atoms with Crippen LogP contribution >= 0.6 is 15.9 Å². The van der Waals surface area contributed by atoms with E-state index in [9.17, 15) is 4.79 Å². The third-order valence-electron chi connectivity index (χ3n) is 3.00. The van der Waals surface area contributed by atoms with Gasteiger partial charge >= 0.3 is 0 Å². The van der Waals surface area contributed by atoms with Crippen molar-refractivity contribution in [2.24, 2.45) is 5.92 Å². The Morgan fingerprint density at radius 2 is 2.42 bits per heavy atom. The molecule has 1 N–H and O–H groups in total. The molecule has 0 unspecified atom stereocenters. The molecule has 2 rings (SSSR count). The zero-order valence-electron chi connectivity index (χ0n) is 10.7. The van der Waals surface area contributed by atoms with Gasteiger partial charge in [-0.3, -0.25) is 4.79 Å². The summed E-state index contributed by atoms with van der Waals surface area (Å²) < 4.78 is 11.5. The Morgan fingerprint density at radius 3 is 3.11 bits per heavy atom. The van der Waals surface area contributed by atoms with E-state index in [4.69, 9.17) is 9.47 Å². The zero-order valence-corrected chi connectivity index (χ0v) is 12.3. The number of halogens is 1. The fourth-order valence-electron chi connectivity index (χ4n) is 1.99. The molecule has 1 aliphatic rings. The third kappa shape index (κ3) is 3.50. The Labute approximate surface area is 120 Å². The molecule has 1 heterocycles. The molecule has 4 nitrogen and oxygen atoms in total. The summed E-state index contributed by atoms with van der Waals surface area (Å²) in [5.74, 6) is 1.41. The highest BCUT2D eigenvalue weighted by molar-refractivity contribution is 9.11. The van der Waals surface area contributed by atoms with Crippen LogP contribution in [0.5, 0.6) is 11.5 Å². The highest BCUT2D eigenvalue weighted by Crippen LogP contribution is 2.30. The van der Waals surface area contributed by atoms with Crippen LogP contribution in [-0.4, -0.2) is 26.2 Å². The first kappa shape index (κ1) is 13.9. The first-order valence-electron chi connectivity index (χ1n) is 6.01. The van der Waals surface area contributed by atoms with Crippen LogP contribution in [0.4, 0.5) is 0 Å². The van der Waals surface area contributed by atoms with Crippen LogP contribution < -0.4 is 14.8 Å². The van der Waals surface area contributed by atoms with Gasteiger partial charge in [0.05, 0.1) is 13.0 Å². The Morgan fingerprint density at radius 1 is 1.63 bits per heavy atom. The maximum absolute atomic E-state index is 12.0. The molecule has 0 saturated heterocycles. The molecule has 0 radical (unpaired) electrons. The van der Waals surface area contributed by atoms with Crippen LogP contribution in [0.2, 0.25) is 0 Å². The number of fused-ring (bicyclic) bond motifs is 1. The number of nitrogens with one attached hydrogen (secondary N) is 1. The van der Waals surface area contributed by atoms with E-state index in [0.29, 0.717) is 19.6 Å². The maximum atomic E-state index is 12.0. The summed E-state index contributed by atoms with van der Waals surface area (Å²) in [6.07, 6.45) is 0.660. The Bertz CT molecular complexity index is 501. The van der Waals surface area contributed by atoms with Crippen molar-refractivity contribution in [3.05, 3.63) is 34.8 Å². The summed E-state index contributed by atoms with van der Waals surface area (Å²) in [7, 11) is 1.62. The third-order valence-corrected chi connectivity index (χ3v) is 3.28. The largest absolute Gasteiger partial charge is 0.497 e. The molecule has 1 aromatic carbocycles. The van der Waals surface area contributed by atoms with Gasteiger partial charge in [0.1, 0.15) is 18.1 Å². The molecule has 1 amide bonds. The van der Waals surface area contributed by atoms with Gasteiger partial charge in [-0.15, -0.1) is 0 Å². The van der Waals surface area contributed by atoms with E-state index in [1.165, 1.54) is 0 Å². The van der Waals surface area contributed by atoms with Gasteiger partial charge in [0.25, 0.3) is 0 Å². The molecule has 1 aliphatic heterocycles. The molecule has 102 valence electrons. The van der Waals surface area contributed by atoms with Crippen LogP contribution in [0.15, 0.2) is 29.3 Å². The van der Waals surface area contributed by atoms with E-state index in [2.05, 4.69) is 27.8 Å². The summed E-state index contributed by atoms with van der Waals surface area (Å²) in [5, 5.41) is 2.81. The van der Waals surface area contributed by atoms with Gasteiger partial charge in [-0.1, -0.05) is 22.5 Å².